The van der Waals surface area contributed by atoms with Gasteiger partial charge in [0.2, 0.25) is 0 Å². The lowest BCUT2D eigenvalue weighted by Gasteiger charge is -2.17. The summed E-state index contributed by atoms with van der Waals surface area (Å²) in [5.74, 6) is 0. The first-order valence-electron chi connectivity index (χ1n) is 6.00. The summed E-state index contributed by atoms with van der Waals surface area (Å²) >= 11 is 0. The van der Waals surface area contributed by atoms with Crippen molar-refractivity contribution >= 4 is 11.8 Å². The Morgan fingerprint density at radius 1 is 1.11 bits per heavy atom. The van der Waals surface area contributed by atoms with Crippen molar-refractivity contribution in [3.8, 4) is 0 Å². The van der Waals surface area contributed by atoms with Crippen molar-refractivity contribution in [1.29, 1.82) is 0 Å². The van der Waals surface area contributed by atoms with Crippen molar-refractivity contribution < 1.29 is 9.53 Å². The number of nitrogens with two attached hydrogens (primary N) is 2. The summed E-state index contributed by atoms with van der Waals surface area (Å²) in [6.45, 7) is 0. The molecule has 4 nitrogen and oxygen atoms in total. The van der Waals surface area contributed by atoms with Gasteiger partial charge in [0.1, 0.15) is 6.10 Å². The van der Waals surface area contributed by atoms with Crippen LogP contribution >= 0.6 is 0 Å². The van der Waals surface area contributed by atoms with E-state index >= 15 is 0 Å². The van der Waals surface area contributed by atoms with Crippen molar-refractivity contribution in [2.45, 2.75) is 12.5 Å². The first-order valence-corrected chi connectivity index (χ1v) is 6.00. The summed E-state index contributed by atoms with van der Waals surface area (Å²) < 4.78 is 5.18. The average Bonchev–Trinajstić information content (AvgIpc) is 2.38. The van der Waals surface area contributed by atoms with E-state index in [-0.39, 0.29) is 0 Å². The molecule has 0 aliphatic rings. The van der Waals surface area contributed by atoms with Gasteiger partial charge in [-0.05, 0) is 23.3 Å². The zero-order valence-corrected chi connectivity index (χ0v) is 10.5. The number of ether oxygens (including phenoxy) is 1. The van der Waals surface area contributed by atoms with Gasteiger partial charge in [0, 0.05) is 12.1 Å². The molecule has 0 spiro atoms. The largest absolute Gasteiger partial charge is 0.441 e. The molecule has 19 heavy (non-hydrogen) atoms. The second-order valence-corrected chi connectivity index (χ2v) is 4.29. The Labute approximate surface area is 112 Å². The summed E-state index contributed by atoms with van der Waals surface area (Å²) in [7, 11) is 0. The maximum atomic E-state index is 11.0. The monoisotopic (exact) mass is 256 g/mol. The highest BCUT2D eigenvalue weighted by molar-refractivity contribution is 5.65. The number of carbonyl (C=O) groups excluding carboxylic acids is 1. The van der Waals surface area contributed by atoms with Crippen LogP contribution in [0.5, 0.6) is 0 Å². The van der Waals surface area contributed by atoms with Gasteiger partial charge in [0.05, 0.1) is 0 Å². The zero-order chi connectivity index (χ0) is 13.7. The fraction of sp³-hybridized carbons (Fsp3) is 0.133. The van der Waals surface area contributed by atoms with Crippen molar-refractivity contribution in [2.75, 3.05) is 5.73 Å². The SMILES string of the molecule is NC(=O)OC(Cc1cccc(N)c1)c1ccccc1. The molecule has 98 valence electrons. The summed E-state index contributed by atoms with van der Waals surface area (Å²) in [5, 5.41) is 0. The number of anilines is 1. The Hall–Kier alpha value is -2.49. The summed E-state index contributed by atoms with van der Waals surface area (Å²) in [4.78, 5) is 11.0. The van der Waals surface area contributed by atoms with Crippen molar-refractivity contribution in [3.63, 3.8) is 0 Å². The van der Waals surface area contributed by atoms with Crippen LogP contribution in [0.3, 0.4) is 0 Å². The molecule has 0 aliphatic heterocycles. The minimum Gasteiger partial charge on any atom is -0.441 e. The maximum absolute atomic E-state index is 11.0. The summed E-state index contributed by atoms with van der Waals surface area (Å²) in [6, 6.07) is 17.0. The number of carbonyl (C=O) groups is 1. The highest BCUT2D eigenvalue weighted by Crippen LogP contribution is 2.23. The van der Waals surface area contributed by atoms with Crippen LogP contribution in [0, 0.1) is 0 Å². The van der Waals surface area contributed by atoms with E-state index in [9.17, 15) is 4.79 Å². The number of amides is 1. The zero-order valence-electron chi connectivity index (χ0n) is 10.5. The molecule has 0 radical (unpaired) electrons. The molecule has 2 aromatic carbocycles. The van der Waals surface area contributed by atoms with E-state index in [1.807, 2.05) is 54.6 Å². The standard InChI is InChI=1S/C15H16N2O2/c16-13-8-4-5-11(9-13)10-14(19-15(17)18)12-6-2-1-3-7-12/h1-9,14H,10,16H2,(H2,17,18). The molecule has 0 heterocycles. The predicted molar refractivity (Wildman–Crippen MR) is 74.4 cm³/mol. The van der Waals surface area contributed by atoms with Gasteiger partial charge in [-0.3, -0.25) is 0 Å². The number of hydrogen-bond acceptors (Lipinski definition) is 3. The Kier molecular flexibility index (Phi) is 4.03. The molecular weight excluding hydrogens is 240 g/mol. The van der Waals surface area contributed by atoms with E-state index in [0.717, 1.165) is 11.1 Å². The number of benzene rings is 2. The second kappa shape index (κ2) is 5.91. The smallest absolute Gasteiger partial charge is 0.405 e. The third-order valence-corrected chi connectivity index (χ3v) is 2.80. The Morgan fingerprint density at radius 2 is 1.84 bits per heavy atom. The Balaban J connectivity index is 2.21. The molecular formula is C15H16N2O2. The average molecular weight is 256 g/mol. The Morgan fingerprint density at radius 3 is 2.47 bits per heavy atom. The van der Waals surface area contributed by atoms with Gasteiger partial charge in [-0.1, -0.05) is 42.5 Å². The quantitative estimate of drug-likeness (QED) is 0.825. The van der Waals surface area contributed by atoms with E-state index in [1.54, 1.807) is 0 Å². The predicted octanol–water partition coefficient (Wildman–Crippen LogP) is 2.65. The molecule has 0 saturated carbocycles. The van der Waals surface area contributed by atoms with E-state index < -0.39 is 12.2 Å². The number of primary amides is 1. The van der Waals surface area contributed by atoms with Crippen LogP contribution in [0.1, 0.15) is 17.2 Å². The van der Waals surface area contributed by atoms with Crippen molar-refractivity contribution in [1.82, 2.24) is 0 Å². The molecule has 2 rings (SSSR count). The van der Waals surface area contributed by atoms with Crippen LogP contribution in [0.2, 0.25) is 0 Å². The van der Waals surface area contributed by atoms with Crippen LogP contribution < -0.4 is 11.5 Å². The molecule has 4 N–H and O–H groups in total. The fourth-order valence-corrected chi connectivity index (χ4v) is 1.97. The third-order valence-electron chi connectivity index (χ3n) is 2.80. The lowest BCUT2D eigenvalue weighted by molar-refractivity contribution is 0.106. The van der Waals surface area contributed by atoms with Gasteiger partial charge in [0.25, 0.3) is 0 Å². The first-order chi connectivity index (χ1) is 9.15. The maximum Gasteiger partial charge on any atom is 0.405 e. The molecule has 0 aliphatic carbocycles. The van der Waals surface area contributed by atoms with E-state index in [4.69, 9.17) is 16.2 Å². The highest BCUT2D eigenvalue weighted by atomic mass is 16.6. The van der Waals surface area contributed by atoms with Crippen molar-refractivity contribution in [2.24, 2.45) is 5.73 Å². The first kappa shape index (κ1) is 13.0. The molecule has 0 bridgehead atoms. The summed E-state index contributed by atoms with van der Waals surface area (Å²) in [6.07, 6.45) is -0.642. The molecule has 1 amide bonds. The lowest BCUT2D eigenvalue weighted by Crippen LogP contribution is -2.19. The molecule has 0 fully saturated rings. The van der Waals surface area contributed by atoms with Gasteiger partial charge >= 0.3 is 6.09 Å². The topological polar surface area (TPSA) is 78.3 Å². The van der Waals surface area contributed by atoms with Crippen LogP contribution in [-0.2, 0) is 11.2 Å². The fourth-order valence-electron chi connectivity index (χ4n) is 1.97. The van der Waals surface area contributed by atoms with Gasteiger partial charge < -0.3 is 16.2 Å². The number of nitrogen functional groups attached to an aromatic ring is 1. The second-order valence-electron chi connectivity index (χ2n) is 4.29. The number of rotatable bonds is 4. The molecule has 4 heteroatoms. The normalized spacial score (nSPS) is 11.8. The molecule has 1 unspecified atom stereocenters. The van der Waals surface area contributed by atoms with Crippen LogP contribution in [0.15, 0.2) is 54.6 Å². The van der Waals surface area contributed by atoms with E-state index in [1.165, 1.54) is 0 Å². The molecule has 2 aromatic rings. The van der Waals surface area contributed by atoms with Gasteiger partial charge in [0.15, 0.2) is 0 Å². The van der Waals surface area contributed by atoms with Crippen LogP contribution in [0.25, 0.3) is 0 Å². The minimum absolute atomic E-state index is 0.402. The van der Waals surface area contributed by atoms with Crippen LogP contribution in [0.4, 0.5) is 10.5 Å². The molecule has 1 atom stereocenters. The highest BCUT2D eigenvalue weighted by Gasteiger charge is 2.15. The van der Waals surface area contributed by atoms with Gasteiger partial charge in [-0.15, -0.1) is 0 Å². The van der Waals surface area contributed by atoms with Crippen LogP contribution in [-0.4, -0.2) is 6.09 Å². The third kappa shape index (κ3) is 3.74. The minimum atomic E-state index is -0.780. The van der Waals surface area contributed by atoms with E-state index in [0.29, 0.717) is 12.1 Å². The number of hydrogen-bond donors (Lipinski definition) is 2. The van der Waals surface area contributed by atoms with Gasteiger partial charge in [-0.2, -0.15) is 0 Å². The summed E-state index contributed by atoms with van der Waals surface area (Å²) in [5.41, 5.74) is 13.5. The molecule has 0 aromatic heterocycles. The van der Waals surface area contributed by atoms with Crippen molar-refractivity contribution in [3.05, 3.63) is 65.7 Å². The molecule has 0 saturated heterocycles. The van der Waals surface area contributed by atoms with E-state index in [2.05, 4.69) is 0 Å². The van der Waals surface area contributed by atoms with Gasteiger partial charge in [-0.25, -0.2) is 4.79 Å². The lowest BCUT2D eigenvalue weighted by atomic mass is 10.0. The Bertz CT molecular complexity index is 555.